The van der Waals surface area contributed by atoms with E-state index in [0.717, 1.165) is 48.8 Å². The van der Waals surface area contributed by atoms with Gasteiger partial charge in [0, 0.05) is 44.5 Å². The first-order valence-electron chi connectivity index (χ1n) is 11.8. The molecule has 0 spiro atoms. The van der Waals surface area contributed by atoms with Crippen LogP contribution in [0.2, 0.25) is 0 Å². The van der Waals surface area contributed by atoms with E-state index in [1.807, 2.05) is 42.3 Å². The lowest BCUT2D eigenvalue weighted by Crippen LogP contribution is -2.45. The van der Waals surface area contributed by atoms with Gasteiger partial charge in [0.25, 0.3) is 5.91 Å². The molecule has 3 heterocycles. The minimum absolute atomic E-state index is 0.00870. The summed E-state index contributed by atoms with van der Waals surface area (Å²) in [6.07, 6.45) is 5.95. The van der Waals surface area contributed by atoms with E-state index >= 15 is 0 Å². The van der Waals surface area contributed by atoms with Crippen LogP contribution in [0.1, 0.15) is 54.1 Å². The van der Waals surface area contributed by atoms with E-state index < -0.39 is 0 Å². The first-order chi connectivity index (χ1) is 15.5. The van der Waals surface area contributed by atoms with Crippen molar-refractivity contribution in [1.82, 2.24) is 15.2 Å². The molecule has 2 fully saturated rings. The molecule has 2 aliphatic rings. The number of hydrogen-bond donors (Lipinski definition) is 1. The van der Waals surface area contributed by atoms with Gasteiger partial charge < -0.3 is 15.1 Å². The molecule has 6 heteroatoms. The summed E-state index contributed by atoms with van der Waals surface area (Å²) in [4.78, 5) is 34.4. The van der Waals surface area contributed by atoms with Crippen LogP contribution in [0.15, 0.2) is 42.6 Å². The molecule has 4 rings (SSSR count). The number of hydrogen-bond acceptors (Lipinski definition) is 4. The number of aryl methyl sites for hydroxylation is 1. The highest BCUT2D eigenvalue weighted by Gasteiger charge is 2.28. The maximum atomic E-state index is 12.8. The third kappa shape index (κ3) is 5.47. The van der Waals surface area contributed by atoms with Crippen molar-refractivity contribution in [3.63, 3.8) is 0 Å². The summed E-state index contributed by atoms with van der Waals surface area (Å²) in [5.41, 5.74) is 2.81. The Kier molecular flexibility index (Phi) is 7.08. The normalized spacial score (nSPS) is 19.6. The van der Waals surface area contributed by atoms with Gasteiger partial charge in [0.2, 0.25) is 5.91 Å². The lowest BCUT2D eigenvalue weighted by molar-refractivity contribution is -0.126. The number of pyridine rings is 1. The van der Waals surface area contributed by atoms with Crippen LogP contribution in [-0.4, -0.2) is 47.9 Å². The standard InChI is InChI=1S/C26H34N4O2/c1-19-5-8-22(9-6-19)26(32)30-13-3-4-23(18-30)25(31)28-17-21-7-10-24(27-16-21)29-14-11-20(2)12-15-29/h5-10,16,20,23H,3-4,11-15,17-18H2,1-2H3,(H,28,31). The second-order valence-electron chi connectivity index (χ2n) is 9.37. The smallest absolute Gasteiger partial charge is 0.253 e. The van der Waals surface area contributed by atoms with E-state index in [1.54, 1.807) is 0 Å². The summed E-state index contributed by atoms with van der Waals surface area (Å²) in [6.45, 7) is 8.08. The summed E-state index contributed by atoms with van der Waals surface area (Å²) >= 11 is 0. The predicted molar refractivity (Wildman–Crippen MR) is 127 cm³/mol. The Morgan fingerprint density at radius 3 is 2.47 bits per heavy atom. The fourth-order valence-electron chi connectivity index (χ4n) is 4.53. The Balaban J connectivity index is 1.28. The summed E-state index contributed by atoms with van der Waals surface area (Å²) in [7, 11) is 0. The van der Waals surface area contributed by atoms with Gasteiger partial charge in [-0.25, -0.2) is 4.98 Å². The Morgan fingerprint density at radius 1 is 1.03 bits per heavy atom. The number of piperidine rings is 2. The van der Waals surface area contributed by atoms with Gasteiger partial charge in [0.1, 0.15) is 5.82 Å². The van der Waals surface area contributed by atoms with Crippen molar-refractivity contribution in [1.29, 1.82) is 0 Å². The number of nitrogens with one attached hydrogen (secondary N) is 1. The average Bonchev–Trinajstić information content (AvgIpc) is 2.83. The van der Waals surface area contributed by atoms with Crippen LogP contribution in [0.3, 0.4) is 0 Å². The molecule has 1 aromatic heterocycles. The molecule has 1 unspecified atom stereocenters. The molecule has 0 aliphatic carbocycles. The van der Waals surface area contributed by atoms with Crippen LogP contribution < -0.4 is 10.2 Å². The van der Waals surface area contributed by atoms with Gasteiger partial charge in [-0.3, -0.25) is 9.59 Å². The number of anilines is 1. The number of carbonyl (C=O) groups excluding carboxylic acids is 2. The zero-order chi connectivity index (χ0) is 22.5. The molecule has 2 saturated heterocycles. The molecular formula is C26H34N4O2. The predicted octanol–water partition coefficient (Wildman–Crippen LogP) is 3.79. The van der Waals surface area contributed by atoms with E-state index in [4.69, 9.17) is 0 Å². The Hall–Kier alpha value is -2.89. The topological polar surface area (TPSA) is 65.5 Å². The molecule has 170 valence electrons. The fraction of sp³-hybridized carbons (Fsp3) is 0.500. The highest BCUT2D eigenvalue weighted by atomic mass is 16.2. The van der Waals surface area contributed by atoms with Crippen LogP contribution in [0.4, 0.5) is 5.82 Å². The molecule has 1 N–H and O–H groups in total. The molecule has 1 aromatic carbocycles. The number of amides is 2. The molecule has 2 aliphatic heterocycles. The van der Waals surface area contributed by atoms with Crippen molar-refractivity contribution in [2.75, 3.05) is 31.1 Å². The van der Waals surface area contributed by atoms with E-state index in [0.29, 0.717) is 25.2 Å². The maximum Gasteiger partial charge on any atom is 0.253 e. The molecule has 2 amide bonds. The minimum atomic E-state index is -0.166. The first-order valence-corrected chi connectivity index (χ1v) is 11.8. The SMILES string of the molecule is Cc1ccc(C(=O)N2CCCC(C(=O)NCc3ccc(N4CCC(C)CC4)nc3)C2)cc1. The Bertz CT molecular complexity index is 918. The molecule has 1 atom stereocenters. The molecule has 32 heavy (non-hydrogen) atoms. The van der Waals surface area contributed by atoms with Gasteiger partial charge in [-0.15, -0.1) is 0 Å². The Labute approximate surface area is 191 Å². The third-order valence-electron chi connectivity index (χ3n) is 6.76. The van der Waals surface area contributed by atoms with Gasteiger partial charge >= 0.3 is 0 Å². The average molecular weight is 435 g/mol. The van der Waals surface area contributed by atoms with Crippen molar-refractivity contribution in [2.24, 2.45) is 11.8 Å². The van der Waals surface area contributed by atoms with Crippen LogP contribution in [0.5, 0.6) is 0 Å². The summed E-state index contributed by atoms with van der Waals surface area (Å²) in [6, 6.07) is 11.7. The highest BCUT2D eigenvalue weighted by Crippen LogP contribution is 2.22. The van der Waals surface area contributed by atoms with E-state index in [1.165, 1.54) is 12.8 Å². The van der Waals surface area contributed by atoms with Gasteiger partial charge in [-0.05, 0) is 62.3 Å². The van der Waals surface area contributed by atoms with Crippen molar-refractivity contribution in [3.05, 3.63) is 59.3 Å². The van der Waals surface area contributed by atoms with Crippen molar-refractivity contribution < 1.29 is 9.59 Å². The lowest BCUT2D eigenvalue weighted by atomic mass is 9.96. The van der Waals surface area contributed by atoms with Crippen molar-refractivity contribution in [2.45, 2.75) is 46.1 Å². The summed E-state index contributed by atoms with van der Waals surface area (Å²) in [5.74, 6) is 1.67. The van der Waals surface area contributed by atoms with E-state index in [2.05, 4.69) is 34.3 Å². The van der Waals surface area contributed by atoms with Gasteiger partial charge in [0.05, 0.1) is 5.92 Å². The van der Waals surface area contributed by atoms with Crippen molar-refractivity contribution >= 4 is 17.6 Å². The third-order valence-corrected chi connectivity index (χ3v) is 6.76. The second kappa shape index (κ2) is 10.2. The number of carbonyl (C=O) groups is 2. The number of nitrogens with zero attached hydrogens (tertiary/aromatic N) is 3. The monoisotopic (exact) mass is 434 g/mol. The summed E-state index contributed by atoms with van der Waals surface area (Å²) < 4.78 is 0. The number of benzene rings is 1. The van der Waals surface area contributed by atoms with Crippen LogP contribution in [0.25, 0.3) is 0 Å². The second-order valence-corrected chi connectivity index (χ2v) is 9.37. The fourth-order valence-corrected chi connectivity index (χ4v) is 4.53. The van der Waals surface area contributed by atoms with Crippen LogP contribution in [-0.2, 0) is 11.3 Å². The van der Waals surface area contributed by atoms with Gasteiger partial charge in [0.15, 0.2) is 0 Å². The highest BCUT2D eigenvalue weighted by molar-refractivity contribution is 5.94. The van der Waals surface area contributed by atoms with Crippen LogP contribution in [0, 0.1) is 18.8 Å². The Morgan fingerprint density at radius 2 is 1.78 bits per heavy atom. The molecule has 0 radical (unpaired) electrons. The molecule has 6 nitrogen and oxygen atoms in total. The first kappa shape index (κ1) is 22.3. The number of rotatable bonds is 5. The van der Waals surface area contributed by atoms with Crippen molar-refractivity contribution in [3.8, 4) is 0 Å². The summed E-state index contributed by atoms with van der Waals surface area (Å²) in [5, 5.41) is 3.05. The quantitative estimate of drug-likeness (QED) is 0.778. The van der Waals surface area contributed by atoms with E-state index in [-0.39, 0.29) is 17.7 Å². The van der Waals surface area contributed by atoms with Crippen LogP contribution >= 0.6 is 0 Å². The van der Waals surface area contributed by atoms with E-state index in [9.17, 15) is 9.59 Å². The van der Waals surface area contributed by atoms with Gasteiger partial charge in [-0.2, -0.15) is 0 Å². The minimum Gasteiger partial charge on any atom is -0.357 e. The largest absolute Gasteiger partial charge is 0.357 e. The van der Waals surface area contributed by atoms with Gasteiger partial charge in [-0.1, -0.05) is 30.7 Å². The zero-order valence-corrected chi connectivity index (χ0v) is 19.2. The lowest BCUT2D eigenvalue weighted by Gasteiger charge is -2.32. The zero-order valence-electron chi connectivity index (χ0n) is 19.2. The maximum absolute atomic E-state index is 12.8. The number of likely N-dealkylation sites (tertiary alicyclic amines) is 1. The molecular weight excluding hydrogens is 400 g/mol. The number of aromatic nitrogens is 1. The molecule has 0 bridgehead atoms. The molecule has 0 saturated carbocycles. The molecule has 2 aromatic rings.